The maximum atomic E-state index is 11.5. The van der Waals surface area contributed by atoms with E-state index in [1.54, 1.807) is 31.7 Å². The molecule has 2 aromatic heterocycles. The maximum absolute atomic E-state index is 11.5. The molecule has 0 spiro atoms. The predicted molar refractivity (Wildman–Crippen MR) is 72.5 cm³/mol. The molecule has 19 heavy (non-hydrogen) atoms. The zero-order valence-corrected chi connectivity index (χ0v) is 10.6. The highest BCUT2D eigenvalue weighted by molar-refractivity contribution is 5.79. The van der Waals surface area contributed by atoms with Gasteiger partial charge in [0.1, 0.15) is 5.82 Å². The van der Waals surface area contributed by atoms with Crippen LogP contribution in [0.25, 0.3) is 0 Å². The molecule has 0 unspecified atom stereocenters. The van der Waals surface area contributed by atoms with Gasteiger partial charge in [-0.2, -0.15) is 5.10 Å². The van der Waals surface area contributed by atoms with Crippen molar-refractivity contribution < 1.29 is 0 Å². The number of aromatic nitrogens is 3. The molecule has 7 nitrogen and oxygen atoms in total. The summed E-state index contributed by atoms with van der Waals surface area (Å²) in [6.45, 7) is 0. The van der Waals surface area contributed by atoms with Crippen molar-refractivity contribution in [2.24, 2.45) is 12.1 Å². The van der Waals surface area contributed by atoms with Gasteiger partial charge < -0.3 is 0 Å². The van der Waals surface area contributed by atoms with Crippen molar-refractivity contribution in [1.29, 1.82) is 0 Å². The lowest BCUT2D eigenvalue weighted by molar-refractivity contribution is 0.766. The third kappa shape index (κ3) is 2.95. The molecule has 0 aliphatic heterocycles. The maximum Gasteiger partial charge on any atom is 0.329 e. The summed E-state index contributed by atoms with van der Waals surface area (Å²) in [6.07, 6.45) is 4.91. The van der Waals surface area contributed by atoms with Gasteiger partial charge in [-0.1, -0.05) is 6.07 Å². The molecule has 2 heterocycles. The minimum Gasteiger partial charge on any atom is -0.292 e. The number of H-pyrrole nitrogens is 1. The standard InChI is InChI=1S/C12H13N5O2/c1-16-11(18)6-10(15-12(16)19)17(2)14-8-9-4-3-5-13-7-9/h3-8H,1-2H3,(H,15,19)/b14-8+. The van der Waals surface area contributed by atoms with E-state index in [2.05, 4.69) is 15.1 Å². The molecular formula is C12H13N5O2. The minimum absolute atomic E-state index is 0.327. The summed E-state index contributed by atoms with van der Waals surface area (Å²) in [6, 6.07) is 4.95. The van der Waals surface area contributed by atoms with Gasteiger partial charge in [-0.05, 0) is 6.07 Å². The van der Waals surface area contributed by atoms with Crippen LogP contribution in [0.3, 0.4) is 0 Å². The summed E-state index contributed by atoms with van der Waals surface area (Å²) >= 11 is 0. The van der Waals surface area contributed by atoms with Crippen molar-refractivity contribution in [2.75, 3.05) is 12.1 Å². The minimum atomic E-state index is -0.481. The Hall–Kier alpha value is -2.70. The van der Waals surface area contributed by atoms with Gasteiger partial charge in [0.15, 0.2) is 0 Å². The summed E-state index contributed by atoms with van der Waals surface area (Å²) in [5.41, 5.74) is -0.0476. The van der Waals surface area contributed by atoms with Crippen LogP contribution in [0.2, 0.25) is 0 Å². The zero-order valence-electron chi connectivity index (χ0n) is 10.6. The van der Waals surface area contributed by atoms with E-state index in [-0.39, 0.29) is 5.56 Å². The van der Waals surface area contributed by atoms with Crippen molar-refractivity contribution in [1.82, 2.24) is 14.5 Å². The summed E-state index contributed by atoms with van der Waals surface area (Å²) in [4.78, 5) is 29.5. The van der Waals surface area contributed by atoms with Crippen LogP contribution >= 0.6 is 0 Å². The molecule has 0 saturated carbocycles. The average Bonchev–Trinajstić information content (AvgIpc) is 2.42. The number of aromatic amines is 1. The molecule has 2 aromatic rings. The summed E-state index contributed by atoms with van der Waals surface area (Å²) < 4.78 is 0.988. The van der Waals surface area contributed by atoms with Crippen LogP contribution in [0.15, 0.2) is 45.3 Å². The monoisotopic (exact) mass is 259 g/mol. The molecule has 0 aliphatic rings. The highest BCUT2D eigenvalue weighted by Gasteiger charge is 2.03. The second kappa shape index (κ2) is 5.30. The van der Waals surface area contributed by atoms with Gasteiger partial charge in [0.2, 0.25) is 0 Å². The molecule has 0 amide bonds. The highest BCUT2D eigenvalue weighted by Crippen LogP contribution is 2.02. The summed E-state index contributed by atoms with van der Waals surface area (Å²) in [7, 11) is 3.04. The summed E-state index contributed by atoms with van der Waals surface area (Å²) in [5, 5.41) is 5.54. The molecule has 0 fully saturated rings. The number of anilines is 1. The van der Waals surface area contributed by atoms with Crippen molar-refractivity contribution >= 4 is 12.0 Å². The van der Waals surface area contributed by atoms with Crippen molar-refractivity contribution in [3.63, 3.8) is 0 Å². The first-order valence-corrected chi connectivity index (χ1v) is 5.56. The van der Waals surface area contributed by atoms with E-state index in [4.69, 9.17) is 0 Å². The van der Waals surface area contributed by atoms with Crippen molar-refractivity contribution in [3.8, 4) is 0 Å². The van der Waals surface area contributed by atoms with E-state index < -0.39 is 5.69 Å². The van der Waals surface area contributed by atoms with Gasteiger partial charge in [0.05, 0.1) is 6.21 Å². The molecule has 0 atom stereocenters. The van der Waals surface area contributed by atoms with Crippen LogP contribution in [0.5, 0.6) is 0 Å². The van der Waals surface area contributed by atoms with Crippen LogP contribution in [-0.2, 0) is 7.05 Å². The van der Waals surface area contributed by atoms with E-state index in [1.165, 1.54) is 18.1 Å². The third-order valence-electron chi connectivity index (χ3n) is 2.54. The number of nitrogens with one attached hydrogen (secondary N) is 1. The van der Waals surface area contributed by atoms with E-state index >= 15 is 0 Å². The topological polar surface area (TPSA) is 83.3 Å². The molecule has 0 radical (unpaired) electrons. The Balaban J connectivity index is 2.26. The Morgan fingerprint density at radius 1 is 1.47 bits per heavy atom. The van der Waals surface area contributed by atoms with Gasteiger partial charge in [0.25, 0.3) is 5.56 Å². The van der Waals surface area contributed by atoms with Gasteiger partial charge in [-0.25, -0.2) is 4.79 Å². The van der Waals surface area contributed by atoms with Crippen molar-refractivity contribution in [3.05, 3.63) is 57.0 Å². The molecule has 0 bridgehead atoms. The lowest BCUT2D eigenvalue weighted by Crippen LogP contribution is -2.33. The third-order valence-corrected chi connectivity index (χ3v) is 2.54. The number of hydrogen-bond donors (Lipinski definition) is 1. The van der Waals surface area contributed by atoms with E-state index in [1.807, 2.05) is 6.07 Å². The number of nitrogens with zero attached hydrogens (tertiary/aromatic N) is 4. The first-order chi connectivity index (χ1) is 9.08. The fourth-order valence-electron chi connectivity index (χ4n) is 1.39. The number of rotatable bonds is 3. The normalized spacial score (nSPS) is 10.8. The highest BCUT2D eigenvalue weighted by atomic mass is 16.2. The Kier molecular flexibility index (Phi) is 3.56. The lowest BCUT2D eigenvalue weighted by Gasteiger charge is -2.11. The summed E-state index contributed by atoms with van der Waals surface area (Å²) in [5.74, 6) is 0.327. The Morgan fingerprint density at radius 2 is 2.26 bits per heavy atom. The predicted octanol–water partition coefficient (Wildman–Crippen LogP) is -0.0611. The molecule has 0 saturated heterocycles. The molecule has 98 valence electrons. The van der Waals surface area contributed by atoms with Crippen LogP contribution < -0.4 is 16.3 Å². The molecule has 2 rings (SSSR count). The number of hydrazone groups is 1. The fourth-order valence-corrected chi connectivity index (χ4v) is 1.39. The SMILES string of the molecule is CN(/N=C/c1cccnc1)c1cc(=O)n(C)c(=O)[nH]1. The van der Waals surface area contributed by atoms with Gasteiger partial charge in [0, 0.05) is 38.1 Å². The van der Waals surface area contributed by atoms with E-state index in [0.29, 0.717) is 5.82 Å². The largest absolute Gasteiger partial charge is 0.329 e. The van der Waals surface area contributed by atoms with Crippen LogP contribution in [0.1, 0.15) is 5.56 Å². The Bertz CT molecular complexity index is 671. The first kappa shape index (κ1) is 12.7. The van der Waals surface area contributed by atoms with Gasteiger partial charge >= 0.3 is 5.69 Å². The zero-order chi connectivity index (χ0) is 13.8. The van der Waals surface area contributed by atoms with Gasteiger partial charge in [-0.15, -0.1) is 0 Å². The second-order valence-electron chi connectivity index (χ2n) is 3.91. The Morgan fingerprint density at radius 3 is 2.89 bits per heavy atom. The first-order valence-electron chi connectivity index (χ1n) is 5.56. The van der Waals surface area contributed by atoms with Crippen LogP contribution in [0, 0.1) is 0 Å². The van der Waals surface area contributed by atoms with E-state index in [0.717, 1.165) is 10.1 Å². The Labute approximate surface area is 108 Å². The average molecular weight is 259 g/mol. The molecule has 1 N–H and O–H groups in total. The smallest absolute Gasteiger partial charge is 0.292 e. The fraction of sp³-hybridized carbons (Fsp3) is 0.167. The second-order valence-corrected chi connectivity index (χ2v) is 3.91. The number of pyridine rings is 1. The van der Waals surface area contributed by atoms with Crippen LogP contribution in [-0.4, -0.2) is 27.8 Å². The lowest BCUT2D eigenvalue weighted by atomic mass is 10.3. The molecule has 0 aliphatic carbocycles. The molecular weight excluding hydrogens is 246 g/mol. The van der Waals surface area contributed by atoms with Crippen molar-refractivity contribution in [2.45, 2.75) is 0 Å². The number of hydrogen-bond acceptors (Lipinski definition) is 5. The van der Waals surface area contributed by atoms with Crippen LogP contribution in [0.4, 0.5) is 5.82 Å². The quantitative estimate of drug-likeness (QED) is 0.618. The van der Waals surface area contributed by atoms with E-state index in [9.17, 15) is 9.59 Å². The molecule has 0 aromatic carbocycles. The molecule has 7 heteroatoms. The van der Waals surface area contributed by atoms with Gasteiger partial charge in [-0.3, -0.25) is 24.3 Å².